The number of nitriles is 1. The Kier molecular flexibility index (Phi) is 5.47. The number of nitrogens with zero attached hydrogens (tertiary/aromatic N) is 1. The van der Waals surface area contributed by atoms with Gasteiger partial charge in [0.05, 0.1) is 6.54 Å². The lowest BCUT2D eigenvalue weighted by atomic mass is 10.2. The third-order valence-electron chi connectivity index (χ3n) is 3.98. The van der Waals surface area contributed by atoms with E-state index in [1.54, 1.807) is 13.0 Å². The number of phenolic OH excluding ortho intramolecular Hbond substituents is 1. The summed E-state index contributed by atoms with van der Waals surface area (Å²) in [6.45, 7) is 2.51. The molecule has 2 aromatic carbocycles. The van der Waals surface area contributed by atoms with Crippen LogP contribution >= 0.6 is 0 Å². The van der Waals surface area contributed by atoms with Gasteiger partial charge in [-0.1, -0.05) is 12.1 Å². The zero-order chi connectivity index (χ0) is 19.2. The van der Waals surface area contributed by atoms with E-state index in [4.69, 9.17) is 9.47 Å². The molecule has 0 aromatic heterocycles. The van der Waals surface area contributed by atoms with E-state index in [-0.39, 0.29) is 17.4 Å². The van der Waals surface area contributed by atoms with E-state index in [2.05, 4.69) is 10.6 Å². The number of fused-ring (bicyclic) bond motifs is 1. The molecule has 1 aliphatic heterocycles. The number of anilines is 1. The van der Waals surface area contributed by atoms with Crippen molar-refractivity contribution < 1.29 is 19.4 Å². The minimum atomic E-state index is -0.537. The fraction of sp³-hybridized carbons (Fsp3) is 0.200. The molecule has 0 bridgehead atoms. The van der Waals surface area contributed by atoms with Gasteiger partial charge in [0, 0.05) is 11.9 Å². The molecule has 0 spiro atoms. The number of ether oxygens (including phenoxy) is 2. The molecular formula is C20H19N3O4. The summed E-state index contributed by atoms with van der Waals surface area (Å²) in [6.07, 6.45) is 1.12. The van der Waals surface area contributed by atoms with Crippen molar-refractivity contribution >= 4 is 11.6 Å². The highest BCUT2D eigenvalue weighted by Gasteiger charge is 2.20. The first-order valence-corrected chi connectivity index (χ1v) is 8.40. The van der Waals surface area contributed by atoms with Gasteiger partial charge in [0.2, 0.25) is 0 Å². The van der Waals surface area contributed by atoms with Crippen molar-refractivity contribution in [2.45, 2.75) is 13.0 Å². The standard InChI is InChI=1S/C20H19N3O4/c1-13-8-15(24)6-7-17(13)23-20(25)14(9-21)10-22-11-16-12-26-18-4-2-3-5-19(18)27-16/h2-8,10,16,22,24H,11-12H2,1H3,(H,23,25)/b14-10-. The molecule has 3 rings (SSSR count). The van der Waals surface area contributed by atoms with Gasteiger partial charge in [-0.25, -0.2) is 0 Å². The second kappa shape index (κ2) is 8.15. The summed E-state index contributed by atoms with van der Waals surface area (Å²) in [6, 6.07) is 13.8. The molecule has 0 fully saturated rings. The number of phenols is 1. The average molecular weight is 365 g/mol. The molecule has 1 amide bonds. The van der Waals surface area contributed by atoms with E-state index in [0.29, 0.717) is 35.9 Å². The molecule has 138 valence electrons. The van der Waals surface area contributed by atoms with Gasteiger partial charge in [-0.15, -0.1) is 0 Å². The summed E-state index contributed by atoms with van der Waals surface area (Å²) in [4.78, 5) is 12.3. The van der Waals surface area contributed by atoms with Crippen molar-refractivity contribution in [2.24, 2.45) is 0 Å². The highest BCUT2D eigenvalue weighted by atomic mass is 16.6. The molecule has 1 atom stereocenters. The number of rotatable bonds is 5. The first kappa shape index (κ1) is 18.1. The van der Waals surface area contributed by atoms with Crippen LogP contribution in [-0.2, 0) is 4.79 Å². The Morgan fingerprint density at radius 3 is 2.85 bits per heavy atom. The number of carbonyl (C=O) groups excluding carboxylic acids is 1. The lowest BCUT2D eigenvalue weighted by molar-refractivity contribution is -0.112. The molecule has 0 radical (unpaired) electrons. The maximum Gasteiger partial charge on any atom is 0.267 e. The van der Waals surface area contributed by atoms with Crippen LogP contribution in [0.1, 0.15) is 5.56 Å². The highest BCUT2D eigenvalue weighted by molar-refractivity contribution is 6.06. The number of benzene rings is 2. The Labute approximate surface area is 156 Å². The fourth-order valence-corrected chi connectivity index (χ4v) is 2.58. The van der Waals surface area contributed by atoms with Gasteiger partial charge in [0.25, 0.3) is 5.91 Å². The lowest BCUT2D eigenvalue weighted by Gasteiger charge is -2.26. The minimum Gasteiger partial charge on any atom is -0.508 e. The van der Waals surface area contributed by atoms with Gasteiger partial charge >= 0.3 is 0 Å². The van der Waals surface area contributed by atoms with Crippen LogP contribution in [-0.4, -0.2) is 30.3 Å². The number of hydrogen-bond donors (Lipinski definition) is 3. The third-order valence-corrected chi connectivity index (χ3v) is 3.98. The Balaban J connectivity index is 1.57. The van der Waals surface area contributed by atoms with Crippen LogP contribution in [0.2, 0.25) is 0 Å². The Hall–Kier alpha value is -3.66. The average Bonchev–Trinajstić information content (AvgIpc) is 2.67. The lowest BCUT2D eigenvalue weighted by Crippen LogP contribution is -2.37. The monoisotopic (exact) mass is 365 g/mol. The van der Waals surface area contributed by atoms with Crippen molar-refractivity contribution in [3.8, 4) is 23.3 Å². The maximum atomic E-state index is 12.3. The number of aromatic hydroxyl groups is 1. The van der Waals surface area contributed by atoms with Gasteiger partial charge in [-0.3, -0.25) is 4.79 Å². The normalized spacial score (nSPS) is 15.6. The van der Waals surface area contributed by atoms with Gasteiger partial charge < -0.3 is 25.2 Å². The summed E-state index contributed by atoms with van der Waals surface area (Å²) in [5.41, 5.74) is 1.15. The first-order valence-electron chi connectivity index (χ1n) is 8.40. The summed E-state index contributed by atoms with van der Waals surface area (Å²) in [7, 11) is 0. The van der Waals surface area contributed by atoms with Crippen molar-refractivity contribution in [1.82, 2.24) is 5.32 Å². The van der Waals surface area contributed by atoms with Crippen LogP contribution in [0.3, 0.4) is 0 Å². The summed E-state index contributed by atoms with van der Waals surface area (Å²) >= 11 is 0. The number of hydrogen-bond acceptors (Lipinski definition) is 6. The molecule has 1 aliphatic rings. The molecule has 1 heterocycles. The predicted molar refractivity (Wildman–Crippen MR) is 99.5 cm³/mol. The van der Waals surface area contributed by atoms with Crippen LogP contribution in [0.5, 0.6) is 17.2 Å². The van der Waals surface area contributed by atoms with Crippen LogP contribution < -0.4 is 20.1 Å². The SMILES string of the molecule is Cc1cc(O)ccc1NC(=O)/C(C#N)=C\NCC1COc2ccccc2O1. The Morgan fingerprint density at radius 2 is 2.11 bits per heavy atom. The van der Waals surface area contributed by atoms with Gasteiger partial charge in [0.15, 0.2) is 11.5 Å². The molecule has 1 unspecified atom stereocenters. The van der Waals surface area contributed by atoms with Crippen molar-refractivity contribution in [3.63, 3.8) is 0 Å². The van der Waals surface area contributed by atoms with E-state index >= 15 is 0 Å². The summed E-state index contributed by atoms with van der Waals surface area (Å²) in [5, 5.41) is 24.2. The third kappa shape index (κ3) is 4.50. The number of nitrogens with one attached hydrogen (secondary N) is 2. The summed E-state index contributed by atoms with van der Waals surface area (Å²) in [5.74, 6) is 0.940. The van der Waals surface area contributed by atoms with Gasteiger partial charge in [-0.05, 0) is 42.8 Å². The number of para-hydroxylation sites is 2. The Morgan fingerprint density at radius 1 is 1.33 bits per heavy atom. The smallest absolute Gasteiger partial charge is 0.267 e. The molecule has 27 heavy (non-hydrogen) atoms. The molecular weight excluding hydrogens is 346 g/mol. The van der Waals surface area contributed by atoms with E-state index < -0.39 is 5.91 Å². The number of carbonyl (C=O) groups is 1. The van der Waals surface area contributed by atoms with E-state index in [1.807, 2.05) is 30.3 Å². The van der Waals surface area contributed by atoms with Crippen molar-refractivity contribution in [2.75, 3.05) is 18.5 Å². The second-order valence-electron chi connectivity index (χ2n) is 6.03. The maximum absolute atomic E-state index is 12.3. The zero-order valence-corrected chi connectivity index (χ0v) is 14.7. The van der Waals surface area contributed by atoms with Gasteiger partial charge in [-0.2, -0.15) is 5.26 Å². The minimum absolute atomic E-state index is 0.0698. The zero-order valence-electron chi connectivity index (χ0n) is 14.7. The molecule has 7 nitrogen and oxygen atoms in total. The largest absolute Gasteiger partial charge is 0.508 e. The molecule has 0 aliphatic carbocycles. The highest BCUT2D eigenvalue weighted by Crippen LogP contribution is 2.30. The molecule has 7 heteroatoms. The molecule has 2 aromatic rings. The molecule has 0 saturated heterocycles. The van der Waals surface area contributed by atoms with Crippen LogP contribution in [0.15, 0.2) is 54.2 Å². The fourth-order valence-electron chi connectivity index (χ4n) is 2.58. The topological polar surface area (TPSA) is 104 Å². The van der Waals surface area contributed by atoms with Gasteiger partial charge in [0.1, 0.15) is 30.1 Å². The quantitative estimate of drug-likeness (QED) is 0.427. The van der Waals surface area contributed by atoms with E-state index in [9.17, 15) is 15.2 Å². The van der Waals surface area contributed by atoms with Crippen LogP contribution in [0.4, 0.5) is 5.69 Å². The molecule has 3 N–H and O–H groups in total. The van der Waals surface area contributed by atoms with Crippen molar-refractivity contribution in [1.29, 1.82) is 5.26 Å². The number of aryl methyl sites for hydroxylation is 1. The Bertz CT molecular complexity index is 918. The van der Waals surface area contributed by atoms with Crippen LogP contribution in [0.25, 0.3) is 0 Å². The second-order valence-corrected chi connectivity index (χ2v) is 6.03. The van der Waals surface area contributed by atoms with Crippen LogP contribution in [0, 0.1) is 18.3 Å². The molecule has 0 saturated carbocycles. The first-order chi connectivity index (χ1) is 13.1. The number of amides is 1. The summed E-state index contributed by atoms with van der Waals surface area (Å²) < 4.78 is 11.4. The van der Waals surface area contributed by atoms with Crippen molar-refractivity contribution in [3.05, 3.63) is 59.8 Å². The predicted octanol–water partition coefficient (Wildman–Crippen LogP) is 2.48. The van der Waals surface area contributed by atoms with E-state index in [0.717, 1.165) is 0 Å². The van der Waals surface area contributed by atoms with E-state index in [1.165, 1.54) is 18.3 Å².